The topological polar surface area (TPSA) is 47.3 Å². The fraction of sp³-hybridized carbons (Fsp3) is 0.240. The first-order valence-corrected chi connectivity index (χ1v) is 9.96. The standard InChI is InChI=1S/C25H26N2O2/c1-18-14-23(29-27-18)17-28-25(20-9-4-3-5-10-20)24(16-26-2)22-13-12-19-8-6-7-11-21(19)15-22/h3-15,24-26H,16-17H2,1-2H3/t24-,25-/m1/s1. The van der Waals surface area contributed by atoms with Crippen molar-refractivity contribution in [2.45, 2.75) is 25.6 Å². The van der Waals surface area contributed by atoms with Crippen molar-refractivity contribution in [1.82, 2.24) is 10.5 Å². The van der Waals surface area contributed by atoms with Crippen LogP contribution in [0.1, 0.15) is 34.6 Å². The third kappa shape index (κ3) is 4.56. The summed E-state index contributed by atoms with van der Waals surface area (Å²) in [6.45, 7) is 3.10. The van der Waals surface area contributed by atoms with Crippen molar-refractivity contribution in [2.24, 2.45) is 0 Å². The number of nitrogens with zero attached hydrogens (tertiary/aromatic N) is 1. The molecule has 0 saturated carbocycles. The van der Waals surface area contributed by atoms with Gasteiger partial charge < -0.3 is 14.6 Å². The SMILES string of the molecule is CNC[C@H](c1ccc2ccccc2c1)[C@H](OCc1cc(C)no1)c1ccccc1. The van der Waals surface area contributed by atoms with Crippen molar-refractivity contribution in [2.75, 3.05) is 13.6 Å². The maximum Gasteiger partial charge on any atom is 0.162 e. The zero-order valence-electron chi connectivity index (χ0n) is 16.8. The number of ether oxygens (including phenoxy) is 1. The maximum absolute atomic E-state index is 6.43. The minimum atomic E-state index is -0.116. The molecule has 0 aliphatic carbocycles. The summed E-state index contributed by atoms with van der Waals surface area (Å²) in [4.78, 5) is 0. The first-order valence-electron chi connectivity index (χ1n) is 9.96. The van der Waals surface area contributed by atoms with Crippen LogP contribution < -0.4 is 5.32 Å². The molecule has 0 saturated heterocycles. The summed E-state index contributed by atoms with van der Waals surface area (Å²) in [5.41, 5.74) is 3.26. The number of hydrogen-bond acceptors (Lipinski definition) is 4. The van der Waals surface area contributed by atoms with Gasteiger partial charge in [-0.3, -0.25) is 0 Å². The molecular weight excluding hydrogens is 360 g/mol. The highest BCUT2D eigenvalue weighted by atomic mass is 16.5. The molecule has 2 atom stereocenters. The Morgan fingerprint density at radius 1 is 0.897 bits per heavy atom. The summed E-state index contributed by atoms with van der Waals surface area (Å²) in [6.07, 6.45) is -0.116. The second kappa shape index (κ2) is 9.03. The van der Waals surface area contributed by atoms with Gasteiger partial charge in [0.15, 0.2) is 5.76 Å². The fourth-order valence-electron chi connectivity index (χ4n) is 3.80. The van der Waals surface area contributed by atoms with Crippen molar-refractivity contribution >= 4 is 10.8 Å². The van der Waals surface area contributed by atoms with Crippen LogP contribution in [0.4, 0.5) is 0 Å². The summed E-state index contributed by atoms with van der Waals surface area (Å²) < 4.78 is 11.8. The van der Waals surface area contributed by atoms with Crippen molar-refractivity contribution in [1.29, 1.82) is 0 Å². The second-order valence-electron chi connectivity index (χ2n) is 7.35. The van der Waals surface area contributed by atoms with Crippen LogP contribution in [0.2, 0.25) is 0 Å². The summed E-state index contributed by atoms with van der Waals surface area (Å²) in [5.74, 6) is 0.890. The molecule has 3 aromatic carbocycles. The van der Waals surface area contributed by atoms with Gasteiger partial charge in [-0.2, -0.15) is 0 Å². The van der Waals surface area contributed by atoms with Gasteiger partial charge in [0.05, 0.1) is 11.8 Å². The van der Waals surface area contributed by atoms with Gasteiger partial charge in [-0.1, -0.05) is 78.0 Å². The average molecular weight is 386 g/mol. The lowest BCUT2D eigenvalue weighted by Crippen LogP contribution is -2.25. The van der Waals surface area contributed by atoms with Crippen LogP contribution in [0.25, 0.3) is 10.8 Å². The van der Waals surface area contributed by atoms with E-state index in [-0.39, 0.29) is 12.0 Å². The Morgan fingerprint density at radius 2 is 1.66 bits per heavy atom. The molecule has 1 heterocycles. The lowest BCUT2D eigenvalue weighted by atomic mass is 9.87. The van der Waals surface area contributed by atoms with Gasteiger partial charge in [0.2, 0.25) is 0 Å². The van der Waals surface area contributed by atoms with Crippen LogP contribution in [0.15, 0.2) is 83.4 Å². The molecule has 0 aliphatic heterocycles. The molecule has 1 aromatic heterocycles. The molecule has 0 radical (unpaired) electrons. The Bertz CT molecular complexity index is 1060. The first kappa shape index (κ1) is 19.4. The molecule has 148 valence electrons. The van der Waals surface area contributed by atoms with Gasteiger partial charge >= 0.3 is 0 Å². The van der Waals surface area contributed by atoms with Crippen molar-refractivity contribution < 1.29 is 9.26 Å². The molecular formula is C25H26N2O2. The van der Waals surface area contributed by atoms with E-state index in [0.717, 1.165) is 23.6 Å². The van der Waals surface area contributed by atoms with E-state index in [4.69, 9.17) is 9.26 Å². The van der Waals surface area contributed by atoms with Crippen LogP contribution in [0.3, 0.4) is 0 Å². The normalized spacial score (nSPS) is 13.4. The van der Waals surface area contributed by atoms with Crippen molar-refractivity contribution in [3.63, 3.8) is 0 Å². The Hall–Kier alpha value is -2.95. The highest BCUT2D eigenvalue weighted by Gasteiger charge is 2.26. The van der Waals surface area contributed by atoms with E-state index < -0.39 is 0 Å². The van der Waals surface area contributed by atoms with Gasteiger partial charge in [0.1, 0.15) is 6.61 Å². The number of fused-ring (bicyclic) bond motifs is 1. The van der Waals surface area contributed by atoms with Crippen LogP contribution in [0, 0.1) is 6.92 Å². The number of rotatable bonds is 8. The Kier molecular flexibility index (Phi) is 6.03. The van der Waals surface area contributed by atoms with Gasteiger partial charge in [-0.05, 0) is 35.9 Å². The molecule has 4 aromatic rings. The van der Waals surface area contributed by atoms with E-state index in [1.54, 1.807) is 0 Å². The van der Waals surface area contributed by atoms with E-state index in [1.807, 2.05) is 26.1 Å². The largest absolute Gasteiger partial charge is 0.365 e. The number of nitrogens with one attached hydrogen (secondary N) is 1. The minimum Gasteiger partial charge on any atom is -0.365 e. The lowest BCUT2D eigenvalue weighted by molar-refractivity contribution is 0.00986. The lowest BCUT2D eigenvalue weighted by Gasteiger charge is -2.28. The van der Waals surface area contributed by atoms with Gasteiger partial charge in [0.25, 0.3) is 0 Å². The molecule has 1 N–H and O–H groups in total. The Morgan fingerprint density at radius 3 is 2.38 bits per heavy atom. The molecule has 0 aliphatic rings. The predicted molar refractivity (Wildman–Crippen MR) is 116 cm³/mol. The van der Waals surface area contributed by atoms with Crippen molar-refractivity contribution in [3.05, 3.63) is 101 Å². The number of aromatic nitrogens is 1. The zero-order chi connectivity index (χ0) is 20.1. The fourth-order valence-corrected chi connectivity index (χ4v) is 3.80. The molecule has 0 amide bonds. The number of aryl methyl sites for hydroxylation is 1. The monoisotopic (exact) mass is 386 g/mol. The first-order chi connectivity index (χ1) is 14.2. The van der Waals surface area contributed by atoms with E-state index in [9.17, 15) is 0 Å². The summed E-state index contributed by atoms with van der Waals surface area (Å²) in [7, 11) is 1.98. The number of hydrogen-bond donors (Lipinski definition) is 1. The molecule has 29 heavy (non-hydrogen) atoms. The summed E-state index contributed by atoms with van der Waals surface area (Å²) >= 11 is 0. The number of likely N-dealkylation sites (N-methyl/N-ethyl adjacent to an activating group) is 1. The smallest absolute Gasteiger partial charge is 0.162 e. The van der Waals surface area contributed by atoms with Crippen molar-refractivity contribution in [3.8, 4) is 0 Å². The molecule has 0 fully saturated rings. The van der Waals surface area contributed by atoms with Crippen LogP contribution in [-0.4, -0.2) is 18.7 Å². The van der Waals surface area contributed by atoms with E-state index >= 15 is 0 Å². The van der Waals surface area contributed by atoms with Crippen LogP contribution >= 0.6 is 0 Å². The minimum absolute atomic E-state index is 0.116. The Balaban J connectivity index is 1.69. The molecule has 0 bridgehead atoms. The molecule has 4 heteroatoms. The van der Waals surface area contributed by atoms with Gasteiger partial charge in [-0.25, -0.2) is 0 Å². The predicted octanol–water partition coefficient (Wildman–Crippen LogP) is 5.40. The number of benzene rings is 3. The average Bonchev–Trinajstić information content (AvgIpc) is 3.18. The van der Waals surface area contributed by atoms with Gasteiger partial charge in [0, 0.05) is 18.5 Å². The zero-order valence-corrected chi connectivity index (χ0v) is 16.8. The molecule has 0 spiro atoms. The highest BCUT2D eigenvalue weighted by Crippen LogP contribution is 2.36. The highest BCUT2D eigenvalue weighted by molar-refractivity contribution is 5.83. The van der Waals surface area contributed by atoms with E-state index in [0.29, 0.717) is 6.61 Å². The molecule has 4 nitrogen and oxygen atoms in total. The third-order valence-electron chi connectivity index (χ3n) is 5.20. The Labute approximate surface area is 171 Å². The second-order valence-corrected chi connectivity index (χ2v) is 7.35. The van der Waals surface area contributed by atoms with E-state index in [1.165, 1.54) is 16.3 Å². The summed E-state index contributed by atoms with van der Waals surface area (Å²) in [6, 6.07) is 27.4. The summed E-state index contributed by atoms with van der Waals surface area (Å²) in [5, 5.41) is 9.81. The quantitative estimate of drug-likeness (QED) is 0.441. The van der Waals surface area contributed by atoms with Crippen LogP contribution in [-0.2, 0) is 11.3 Å². The molecule has 4 rings (SSSR count). The van der Waals surface area contributed by atoms with Gasteiger partial charge in [-0.15, -0.1) is 0 Å². The van der Waals surface area contributed by atoms with Crippen LogP contribution in [0.5, 0.6) is 0 Å². The van der Waals surface area contributed by atoms with E-state index in [2.05, 4.69) is 77.2 Å². The molecule has 0 unspecified atom stereocenters. The third-order valence-corrected chi connectivity index (χ3v) is 5.20. The maximum atomic E-state index is 6.43.